The molecule has 0 aliphatic carbocycles. The Morgan fingerprint density at radius 2 is 1.40 bits per heavy atom. The highest BCUT2D eigenvalue weighted by Gasteiger charge is 2.45. The van der Waals surface area contributed by atoms with Crippen molar-refractivity contribution in [2.75, 3.05) is 97.6 Å². The molecule has 17 nitrogen and oxygen atoms in total. The number of rotatable bonds is 25. The highest BCUT2D eigenvalue weighted by molar-refractivity contribution is 6.25. The van der Waals surface area contributed by atoms with Gasteiger partial charge in [0.2, 0.25) is 17.7 Å². The molecule has 0 bridgehead atoms. The van der Waals surface area contributed by atoms with Gasteiger partial charge in [-0.15, -0.1) is 0 Å². The van der Waals surface area contributed by atoms with E-state index < -0.39 is 29.7 Å². The van der Waals surface area contributed by atoms with Crippen molar-refractivity contribution in [2.24, 2.45) is 5.92 Å². The van der Waals surface area contributed by atoms with Crippen molar-refractivity contribution in [2.45, 2.75) is 32.2 Å². The first-order valence-corrected chi connectivity index (χ1v) is 22.0. The van der Waals surface area contributed by atoms with Crippen LogP contribution >= 0.6 is 0 Å². The van der Waals surface area contributed by atoms with Crippen LogP contribution in [0.4, 0.5) is 5.69 Å². The molecule has 65 heavy (non-hydrogen) atoms. The van der Waals surface area contributed by atoms with Gasteiger partial charge < -0.3 is 44.0 Å². The number of hydrogen-bond acceptors (Lipinski definition) is 13. The van der Waals surface area contributed by atoms with Crippen LogP contribution in [0.3, 0.4) is 0 Å². The summed E-state index contributed by atoms with van der Waals surface area (Å²) in [6.07, 6.45) is 0.389. The third kappa shape index (κ3) is 12.5. The van der Waals surface area contributed by atoms with Gasteiger partial charge in [0, 0.05) is 61.6 Å². The smallest absolute Gasteiger partial charge is 0.264 e. The third-order valence-corrected chi connectivity index (χ3v) is 11.2. The molecule has 6 amide bonds. The van der Waals surface area contributed by atoms with Crippen LogP contribution in [-0.4, -0.2) is 144 Å². The Labute approximate surface area is 377 Å². The number of aryl methyl sites for hydroxylation is 1. The maximum Gasteiger partial charge on any atom is 0.264 e. The van der Waals surface area contributed by atoms with Gasteiger partial charge in [0.05, 0.1) is 77.2 Å². The molecular weight excluding hydrogens is 839 g/mol. The van der Waals surface area contributed by atoms with E-state index in [1.165, 1.54) is 0 Å². The molecule has 3 N–H and O–H groups in total. The second kappa shape index (κ2) is 23.1. The van der Waals surface area contributed by atoms with Crippen molar-refractivity contribution in [3.05, 3.63) is 101 Å². The fourth-order valence-electron chi connectivity index (χ4n) is 7.67. The molecule has 1 atom stereocenters. The van der Waals surface area contributed by atoms with Gasteiger partial charge in [-0.25, -0.2) is 0 Å². The summed E-state index contributed by atoms with van der Waals surface area (Å²) in [6.45, 7) is 7.70. The minimum atomic E-state index is -1.02. The van der Waals surface area contributed by atoms with Gasteiger partial charge in [0.25, 0.3) is 17.7 Å². The summed E-state index contributed by atoms with van der Waals surface area (Å²) in [7, 11) is 0. The fraction of sp³-hybridized carbons (Fsp3) is 0.417. The predicted octanol–water partition coefficient (Wildman–Crippen LogP) is 4.12. The van der Waals surface area contributed by atoms with Gasteiger partial charge in [0.15, 0.2) is 0 Å². The number of benzene rings is 4. The zero-order valence-electron chi connectivity index (χ0n) is 36.5. The monoisotopic (exact) mass is 893 g/mol. The number of anilines is 1. The Morgan fingerprint density at radius 1 is 0.738 bits per heavy atom. The van der Waals surface area contributed by atoms with E-state index in [0.29, 0.717) is 96.9 Å². The highest BCUT2D eigenvalue weighted by Crippen LogP contribution is 2.33. The van der Waals surface area contributed by atoms with Gasteiger partial charge in [-0.3, -0.25) is 39.0 Å². The van der Waals surface area contributed by atoms with Crippen molar-refractivity contribution in [3.8, 4) is 11.5 Å². The zero-order chi connectivity index (χ0) is 45.5. The van der Waals surface area contributed by atoms with E-state index in [-0.39, 0.29) is 54.7 Å². The average molecular weight is 894 g/mol. The Hall–Kier alpha value is -6.24. The van der Waals surface area contributed by atoms with E-state index in [0.717, 1.165) is 32.7 Å². The number of nitrogens with one attached hydrogen (secondary N) is 3. The van der Waals surface area contributed by atoms with E-state index in [4.69, 9.17) is 28.4 Å². The van der Waals surface area contributed by atoms with Gasteiger partial charge in [0.1, 0.15) is 17.5 Å². The first-order valence-electron chi connectivity index (χ1n) is 22.0. The third-order valence-electron chi connectivity index (χ3n) is 11.2. The molecule has 0 aromatic heterocycles. The Bertz CT molecular complexity index is 2330. The first kappa shape index (κ1) is 46.7. The van der Waals surface area contributed by atoms with Crippen LogP contribution in [0.1, 0.15) is 55.9 Å². The van der Waals surface area contributed by atoms with Crippen LogP contribution in [0.5, 0.6) is 11.5 Å². The maximum atomic E-state index is 13.2. The van der Waals surface area contributed by atoms with E-state index >= 15 is 0 Å². The topological polar surface area (TPSA) is 200 Å². The molecule has 4 aromatic carbocycles. The SMILES string of the molecule is Cc1ccc(Oc2cccc3cc(C(=O)N4CC(CNC(=O)CCOCCOCCOCCOCCOCCNc5cccc6c5C(=O)N(C5CCC(=O)NC5=O)C6=O)C4)ccc23)cc1. The number of imide groups is 2. The van der Waals surface area contributed by atoms with Crippen molar-refractivity contribution in [1.29, 1.82) is 0 Å². The van der Waals surface area contributed by atoms with Crippen LogP contribution < -0.4 is 20.7 Å². The molecule has 0 spiro atoms. The second-order valence-corrected chi connectivity index (χ2v) is 15.9. The summed E-state index contributed by atoms with van der Waals surface area (Å²) in [4.78, 5) is 78.3. The minimum Gasteiger partial charge on any atom is -0.457 e. The number of nitrogens with zero attached hydrogens (tertiary/aromatic N) is 2. The van der Waals surface area contributed by atoms with Crippen molar-refractivity contribution in [3.63, 3.8) is 0 Å². The fourth-order valence-corrected chi connectivity index (χ4v) is 7.67. The van der Waals surface area contributed by atoms with Gasteiger partial charge in [-0.2, -0.15) is 0 Å². The van der Waals surface area contributed by atoms with Crippen molar-refractivity contribution < 1.29 is 57.2 Å². The molecule has 3 heterocycles. The van der Waals surface area contributed by atoms with Crippen LogP contribution in [0.2, 0.25) is 0 Å². The first-order chi connectivity index (χ1) is 31.7. The molecule has 17 heteroatoms. The largest absolute Gasteiger partial charge is 0.457 e. The summed E-state index contributed by atoms with van der Waals surface area (Å²) in [5, 5.41) is 10.1. The zero-order valence-corrected chi connectivity index (χ0v) is 36.5. The average Bonchev–Trinajstić information content (AvgIpc) is 3.54. The van der Waals surface area contributed by atoms with Crippen molar-refractivity contribution >= 4 is 51.9 Å². The standard InChI is InChI=1S/C48H55N5O12/c1-32-8-11-36(12-9-32)65-41-7-2-4-34-28-35(10-13-37(34)41)46(57)52-30-33(31-52)29-50-42(54)16-18-60-20-22-62-24-26-64-27-25-63-23-21-61-19-17-49-39-6-3-5-38-44(39)48(59)53(47(38)58)40-14-15-43(55)51-45(40)56/h2-13,28,33,40,49H,14-27,29-31H2,1H3,(H,50,54)(H,51,55,56). The van der Waals surface area contributed by atoms with E-state index in [1.54, 1.807) is 23.1 Å². The number of ether oxygens (including phenoxy) is 6. The summed E-state index contributed by atoms with van der Waals surface area (Å²) in [5.74, 6) is -0.637. The molecule has 7 rings (SSSR count). The summed E-state index contributed by atoms with van der Waals surface area (Å²) in [6, 6.07) is 23.2. The Kier molecular flexibility index (Phi) is 16.6. The normalized spacial score (nSPS) is 16.1. The molecule has 2 fully saturated rings. The number of hydrogen-bond donors (Lipinski definition) is 3. The van der Waals surface area contributed by atoms with Crippen LogP contribution in [0.15, 0.2) is 78.9 Å². The number of likely N-dealkylation sites (tertiary alicyclic amines) is 1. The van der Waals surface area contributed by atoms with E-state index in [1.807, 2.05) is 67.6 Å². The van der Waals surface area contributed by atoms with E-state index in [9.17, 15) is 28.8 Å². The summed E-state index contributed by atoms with van der Waals surface area (Å²) in [5.41, 5.74) is 2.65. The van der Waals surface area contributed by atoms with Gasteiger partial charge in [-0.1, -0.05) is 35.9 Å². The quantitative estimate of drug-likeness (QED) is 0.0635. The lowest BCUT2D eigenvalue weighted by molar-refractivity contribution is -0.136. The van der Waals surface area contributed by atoms with Gasteiger partial charge in [-0.05, 0) is 67.3 Å². The highest BCUT2D eigenvalue weighted by atomic mass is 16.6. The number of amides is 6. The van der Waals surface area contributed by atoms with Gasteiger partial charge >= 0.3 is 0 Å². The molecule has 1 unspecified atom stereocenters. The number of carbonyl (C=O) groups is 6. The summed E-state index contributed by atoms with van der Waals surface area (Å²) >= 11 is 0. The molecule has 2 saturated heterocycles. The predicted molar refractivity (Wildman–Crippen MR) is 238 cm³/mol. The number of fused-ring (bicyclic) bond motifs is 2. The maximum absolute atomic E-state index is 13.2. The Morgan fingerprint density at radius 3 is 2.09 bits per heavy atom. The van der Waals surface area contributed by atoms with Crippen molar-refractivity contribution in [1.82, 2.24) is 20.4 Å². The summed E-state index contributed by atoms with van der Waals surface area (Å²) < 4.78 is 33.9. The Balaban J connectivity index is 0.644. The molecule has 3 aliphatic heterocycles. The lowest BCUT2D eigenvalue weighted by Gasteiger charge is -2.39. The van der Waals surface area contributed by atoms with Crippen LogP contribution in [0.25, 0.3) is 10.8 Å². The second-order valence-electron chi connectivity index (χ2n) is 15.9. The molecular formula is C48H55N5O12. The minimum absolute atomic E-state index is 0.0300. The molecule has 0 radical (unpaired) electrons. The van der Waals surface area contributed by atoms with Crippen LogP contribution in [-0.2, 0) is 38.1 Å². The molecule has 3 aliphatic rings. The molecule has 344 valence electrons. The van der Waals surface area contributed by atoms with Crippen LogP contribution in [0, 0.1) is 12.8 Å². The molecule has 4 aromatic rings. The number of carbonyl (C=O) groups excluding carboxylic acids is 6. The lowest BCUT2D eigenvalue weighted by Crippen LogP contribution is -2.54. The lowest BCUT2D eigenvalue weighted by atomic mass is 9.98. The number of piperidine rings is 1. The molecule has 0 saturated carbocycles. The van der Waals surface area contributed by atoms with E-state index in [2.05, 4.69) is 16.0 Å².